The van der Waals surface area contributed by atoms with Gasteiger partial charge < -0.3 is 24.6 Å². The van der Waals surface area contributed by atoms with E-state index in [0.717, 1.165) is 11.5 Å². The molecular formula is C20H23F4N7O2. The molecule has 0 saturated carbocycles. The SMILES string of the molecule is COC1CCN(c2nccc(Nc3cc4c(cn3)nc(CO)n4[C@@H](C)C(F)(F)F)n2)CC1F. The molecule has 2 unspecified atom stereocenters. The van der Waals surface area contributed by atoms with Gasteiger partial charge in [-0.15, -0.1) is 0 Å². The predicted molar refractivity (Wildman–Crippen MR) is 112 cm³/mol. The van der Waals surface area contributed by atoms with Gasteiger partial charge in [-0.25, -0.2) is 19.3 Å². The smallest absolute Gasteiger partial charge is 0.388 e. The number of nitrogens with zero attached hydrogens (tertiary/aromatic N) is 6. The number of aromatic nitrogens is 5. The summed E-state index contributed by atoms with van der Waals surface area (Å²) in [5.74, 6) is 0.775. The highest BCUT2D eigenvalue weighted by Crippen LogP contribution is 2.34. The molecule has 13 heteroatoms. The van der Waals surface area contributed by atoms with E-state index in [2.05, 4.69) is 25.3 Å². The Labute approximate surface area is 186 Å². The molecule has 4 rings (SSSR count). The molecule has 0 bridgehead atoms. The fourth-order valence-electron chi connectivity index (χ4n) is 3.84. The molecule has 0 aromatic carbocycles. The Hall–Kier alpha value is -3.06. The van der Waals surface area contributed by atoms with Crippen LogP contribution in [0.15, 0.2) is 24.5 Å². The van der Waals surface area contributed by atoms with Crippen molar-refractivity contribution in [3.8, 4) is 0 Å². The van der Waals surface area contributed by atoms with Crippen LogP contribution in [0, 0.1) is 0 Å². The number of aliphatic hydroxyl groups excluding tert-OH is 1. The maximum absolute atomic E-state index is 14.2. The Morgan fingerprint density at radius 1 is 1.27 bits per heavy atom. The van der Waals surface area contributed by atoms with Crippen molar-refractivity contribution >= 4 is 28.6 Å². The molecule has 4 heterocycles. The van der Waals surface area contributed by atoms with Crippen molar-refractivity contribution in [2.45, 2.75) is 44.4 Å². The van der Waals surface area contributed by atoms with E-state index < -0.39 is 31.1 Å². The van der Waals surface area contributed by atoms with Crippen LogP contribution >= 0.6 is 0 Å². The average molecular weight is 469 g/mol. The highest BCUT2D eigenvalue weighted by molar-refractivity contribution is 5.79. The Morgan fingerprint density at radius 2 is 2.06 bits per heavy atom. The van der Waals surface area contributed by atoms with Gasteiger partial charge >= 0.3 is 6.18 Å². The molecule has 0 amide bonds. The van der Waals surface area contributed by atoms with Gasteiger partial charge in [-0.1, -0.05) is 0 Å². The lowest BCUT2D eigenvalue weighted by Gasteiger charge is -2.33. The number of hydrogen-bond acceptors (Lipinski definition) is 8. The fourth-order valence-corrected chi connectivity index (χ4v) is 3.84. The van der Waals surface area contributed by atoms with E-state index in [1.54, 1.807) is 11.0 Å². The van der Waals surface area contributed by atoms with Gasteiger partial charge in [-0.05, 0) is 19.4 Å². The Kier molecular flexibility index (Phi) is 6.34. The van der Waals surface area contributed by atoms with E-state index >= 15 is 0 Å². The van der Waals surface area contributed by atoms with Crippen LogP contribution in [0.2, 0.25) is 0 Å². The summed E-state index contributed by atoms with van der Waals surface area (Å²) >= 11 is 0. The van der Waals surface area contributed by atoms with Crippen molar-refractivity contribution < 1.29 is 27.4 Å². The first-order valence-electron chi connectivity index (χ1n) is 10.3. The standard InChI is InChI=1S/C20H23F4N7O2/c1-11(20(22,23)24)31-14-7-17(26-8-13(14)27-18(31)10-32)28-16-3-5-25-19(29-16)30-6-4-15(33-2)12(21)9-30/h3,5,7-8,11-12,15,32H,4,6,9-10H2,1-2H3,(H,25,26,28,29)/t11-,12?,15?/m0/s1. The topological polar surface area (TPSA) is 101 Å². The molecule has 0 radical (unpaired) electrons. The number of nitrogens with one attached hydrogen (secondary N) is 1. The molecule has 3 aromatic rings. The first-order valence-corrected chi connectivity index (χ1v) is 10.3. The van der Waals surface area contributed by atoms with E-state index in [4.69, 9.17) is 4.74 Å². The van der Waals surface area contributed by atoms with Crippen LogP contribution < -0.4 is 10.2 Å². The second kappa shape index (κ2) is 9.06. The van der Waals surface area contributed by atoms with Crippen molar-refractivity contribution in [1.29, 1.82) is 0 Å². The van der Waals surface area contributed by atoms with Gasteiger partial charge in [0.2, 0.25) is 5.95 Å². The van der Waals surface area contributed by atoms with Crippen molar-refractivity contribution in [2.24, 2.45) is 0 Å². The van der Waals surface area contributed by atoms with Gasteiger partial charge in [-0.2, -0.15) is 18.2 Å². The first kappa shape index (κ1) is 23.1. The zero-order valence-corrected chi connectivity index (χ0v) is 17.9. The Bertz CT molecular complexity index is 1120. The maximum Gasteiger partial charge on any atom is 0.408 e. The summed E-state index contributed by atoms with van der Waals surface area (Å²) in [4.78, 5) is 18.5. The van der Waals surface area contributed by atoms with Gasteiger partial charge in [0.15, 0.2) is 0 Å². The summed E-state index contributed by atoms with van der Waals surface area (Å²) in [6.45, 7) is 0.952. The number of rotatable bonds is 6. The molecule has 178 valence electrons. The highest BCUT2D eigenvalue weighted by atomic mass is 19.4. The lowest BCUT2D eigenvalue weighted by atomic mass is 10.1. The monoisotopic (exact) mass is 469 g/mol. The van der Waals surface area contributed by atoms with Gasteiger partial charge in [0.25, 0.3) is 0 Å². The van der Waals surface area contributed by atoms with Gasteiger partial charge in [0, 0.05) is 25.9 Å². The van der Waals surface area contributed by atoms with Crippen molar-refractivity contribution in [3.63, 3.8) is 0 Å². The summed E-state index contributed by atoms with van der Waals surface area (Å²) in [5.41, 5.74) is 0.386. The third-order valence-electron chi connectivity index (χ3n) is 5.62. The molecular weight excluding hydrogens is 446 g/mol. The van der Waals surface area contributed by atoms with Crippen LogP contribution in [0.25, 0.3) is 11.0 Å². The largest absolute Gasteiger partial charge is 0.408 e. The summed E-state index contributed by atoms with van der Waals surface area (Å²) in [7, 11) is 1.47. The zero-order chi connectivity index (χ0) is 23.8. The molecule has 3 atom stereocenters. The average Bonchev–Trinajstić information content (AvgIpc) is 3.15. The van der Waals surface area contributed by atoms with E-state index in [1.807, 2.05) is 0 Å². The summed E-state index contributed by atoms with van der Waals surface area (Å²) in [5, 5.41) is 12.4. The predicted octanol–water partition coefficient (Wildman–Crippen LogP) is 3.14. The van der Waals surface area contributed by atoms with Crippen molar-refractivity contribution in [1.82, 2.24) is 24.5 Å². The van der Waals surface area contributed by atoms with Crippen LogP contribution in [0.5, 0.6) is 0 Å². The molecule has 0 aliphatic carbocycles. The minimum absolute atomic E-state index is 0.0879. The highest BCUT2D eigenvalue weighted by Gasteiger charge is 2.39. The number of aliphatic hydroxyl groups is 1. The fraction of sp³-hybridized carbons (Fsp3) is 0.500. The Morgan fingerprint density at radius 3 is 2.73 bits per heavy atom. The third-order valence-corrected chi connectivity index (χ3v) is 5.62. The lowest BCUT2D eigenvalue weighted by Crippen LogP contribution is -2.46. The van der Waals surface area contributed by atoms with Crippen LogP contribution in [-0.2, 0) is 11.3 Å². The number of pyridine rings is 1. The summed E-state index contributed by atoms with van der Waals surface area (Å²) in [6, 6.07) is 1.08. The molecule has 33 heavy (non-hydrogen) atoms. The number of piperidine rings is 1. The van der Waals surface area contributed by atoms with E-state index in [9.17, 15) is 22.7 Å². The second-order valence-corrected chi connectivity index (χ2v) is 7.72. The number of anilines is 3. The van der Waals surface area contributed by atoms with Crippen LogP contribution in [0.3, 0.4) is 0 Å². The van der Waals surface area contributed by atoms with Gasteiger partial charge in [-0.3, -0.25) is 0 Å². The minimum Gasteiger partial charge on any atom is -0.388 e. The molecule has 3 aromatic heterocycles. The number of fused-ring (bicyclic) bond motifs is 1. The first-order chi connectivity index (χ1) is 15.7. The number of halogens is 4. The second-order valence-electron chi connectivity index (χ2n) is 7.72. The Balaban J connectivity index is 1.60. The van der Waals surface area contributed by atoms with E-state index in [0.29, 0.717) is 24.7 Å². The molecule has 1 aliphatic heterocycles. The lowest BCUT2D eigenvalue weighted by molar-refractivity contribution is -0.162. The number of methoxy groups -OCH3 is 1. The van der Waals surface area contributed by atoms with Crippen LogP contribution in [-0.4, -0.2) is 68.3 Å². The maximum atomic E-state index is 14.2. The van der Waals surface area contributed by atoms with E-state index in [1.165, 1.54) is 25.6 Å². The van der Waals surface area contributed by atoms with Crippen LogP contribution in [0.4, 0.5) is 35.1 Å². The quantitative estimate of drug-likeness (QED) is 0.531. The molecule has 1 saturated heterocycles. The molecule has 1 fully saturated rings. The molecule has 2 N–H and O–H groups in total. The van der Waals surface area contributed by atoms with Crippen molar-refractivity contribution in [2.75, 3.05) is 30.4 Å². The number of hydrogen-bond donors (Lipinski definition) is 2. The molecule has 1 aliphatic rings. The third kappa shape index (κ3) is 4.69. The van der Waals surface area contributed by atoms with Crippen molar-refractivity contribution in [3.05, 3.63) is 30.4 Å². The van der Waals surface area contributed by atoms with E-state index in [-0.39, 0.29) is 29.2 Å². The summed E-state index contributed by atoms with van der Waals surface area (Å²) in [6.07, 6.45) is -2.86. The van der Waals surface area contributed by atoms with Crippen LogP contribution in [0.1, 0.15) is 25.2 Å². The number of alkyl halides is 4. The zero-order valence-electron chi connectivity index (χ0n) is 17.9. The van der Waals surface area contributed by atoms with Gasteiger partial charge in [0.05, 0.1) is 24.4 Å². The minimum atomic E-state index is -4.53. The molecule has 9 nitrogen and oxygen atoms in total. The summed E-state index contributed by atoms with van der Waals surface area (Å²) < 4.78 is 60.5. The van der Waals surface area contributed by atoms with Gasteiger partial charge in [0.1, 0.15) is 41.8 Å². The number of imidazole rings is 1. The molecule has 0 spiro atoms. The normalized spacial score (nSPS) is 20.3. The number of ether oxygens (including phenoxy) is 1.